The van der Waals surface area contributed by atoms with E-state index in [4.69, 9.17) is 9.47 Å². The number of carbonyl (C=O) groups excluding carboxylic acids is 3. The zero-order chi connectivity index (χ0) is 22.8. The average Bonchev–Trinajstić information content (AvgIpc) is 2.75. The second kappa shape index (κ2) is 11.7. The number of nitrogens with one attached hydrogen (secondary N) is 2. The van der Waals surface area contributed by atoms with Crippen LogP contribution in [-0.4, -0.2) is 56.5 Å². The van der Waals surface area contributed by atoms with E-state index in [-0.39, 0.29) is 24.9 Å². The van der Waals surface area contributed by atoms with Crippen molar-refractivity contribution in [1.29, 1.82) is 0 Å². The van der Waals surface area contributed by atoms with Gasteiger partial charge >= 0.3 is 5.97 Å². The second-order valence-corrected chi connectivity index (χ2v) is 7.03. The number of methoxy groups -OCH3 is 2. The molecule has 31 heavy (non-hydrogen) atoms. The van der Waals surface area contributed by atoms with Gasteiger partial charge in [-0.15, -0.1) is 0 Å². The summed E-state index contributed by atoms with van der Waals surface area (Å²) in [5.74, 6) is -0.425. The summed E-state index contributed by atoms with van der Waals surface area (Å²) in [4.78, 5) is 38.7. The minimum Gasteiger partial charge on any atom is -0.495 e. The highest BCUT2D eigenvalue weighted by molar-refractivity contribution is 5.97. The lowest BCUT2D eigenvalue weighted by Crippen LogP contribution is -2.39. The van der Waals surface area contributed by atoms with Crippen molar-refractivity contribution < 1.29 is 23.9 Å². The van der Waals surface area contributed by atoms with Crippen molar-refractivity contribution >= 4 is 29.2 Å². The van der Waals surface area contributed by atoms with Crippen molar-refractivity contribution in [2.75, 3.05) is 44.5 Å². The molecule has 2 N–H and O–H groups in total. The molecule has 2 amide bonds. The lowest BCUT2D eigenvalue weighted by Gasteiger charge is -2.21. The van der Waals surface area contributed by atoms with Gasteiger partial charge in [-0.1, -0.05) is 25.1 Å². The predicted octanol–water partition coefficient (Wildman–Crippen LogP) is 3.08. The van der Waals surface area contributed by atoms with Crippen LogP contribution in [0.3, 0.4) is 0 Å². The standard InChI is InChI=1S/C23H29N3O5/c1-5-12-26(14-21(27)24-18-8-6-7-9-20(18)30-3)15-22(28)25-19-13-17(23(29)31-4)11-10-16(19)2/h6-11,13H,5,12,14-15H2,1-4H3,(H,24,27)(H,25,28). The maximum atomic E-state index is 12.6. The van der Waals surface area contributed by atoms with E-state index in [1.807, 2.05) is 19.9 Å². The van der Waals surface area contributed by atoms with Crippen molar-refractivity contribution in [3.05, 3.63) is 53.6 Å². The molecule has 0 heterocycles. The fraction of sp³-hybridized carbons (Fsp3) is 0.348. The minimum absolute atomic E-state index is 0.0368. The Balaban J connectivity index is 2.01. The monoisotopic (exact) mass is 427 g/mol. The van der Waals surface area contributed by atoms with Crippen LogP contribution in [0.5, 0.6) is 5.75 Å². The number of hydrogen-bond acceptors (Lipinski definition) is 6. The molecule has 0 aliphatic rings. The first-order chi connectivity index (χ1) is 14.9. The summed E-state index contributed by atoms with van der Waals surface area (Å²) >= 11 is 0. The lowest BCUT2D eigenvalue weighted by atomic mass is 10.1. The number of nitrogens with zero attached hydrogens (tertiary/aromatic N) is 1. The van der Waals surface area contributed by atoms with Crippen LogP contribution in [-0.2, 0) is 14.3 Å². The fourth-order valence-corrected chi connectivity index (χ4v) is 3.07. The number of ether oxygens (including phenoxy) is 2. The van der Waals surface area contributed by atoms with Gasteiger partial charge in [-0.3, -0.25) is 14.5 Å². The Kier molecular flexibility index (Phi) is 9.02. The van der Waals surface area contributed by atoms with Gasteiger partial charge in [0.25, 0.3) is 0 Å². The molecule has 2 aromatic carbocycles. The first-order valence-corrected chi connectivity index (χ1v) is 10.0. The molecule has 0 aliphatic carbocycles. The summed E-state index contributed by atoms with van der Waals surface area (Å²) in [7, 11) is 2.84. The number of amides is 2. The van der Waals surface area contributed by atoms with E-state index in [9.17, 15) is 14.4 Å². The number of hydrogen-bond donors (Lipinski definition) is 2. The molecule has 2 rings (SSSR count). The van der Waals surface area contributed by atoms with E-state index in [0.29, 0.717) is 29.2 Å². The van der Waals surface area contributed by atoms with Gasteiger partial charge in [0.1, 0.15) is 5.75 Å². The van der Waals surface area contributed by atoms with Crippen LogP contribution in [0.1, 0.15) is 29.3 Å². The summed E-state index contributed by atoms with van der Waals surface area (Å²) in [5, 5.41) is 5.64. The first-order valence-electron chi connectivity index (χ1n) is 10.0. The summed E-state index contributed by atoms with van der Waals surface area (Å²) < 4.78 is 9.98. The van der Waals surface area contributed by atoms with E-state index in [1.54, 1.807) is 41.3 Å². The second-order valence-electron chi connectivity index (χ2n) is 7.03. The van der Waals surface area contributed by atoms with Crippen molar-refractivity contribution in [3.8, 4) is 5.75 Å². The van der Waals surface area contributed by atoms with Gasteiger partial charge in [-0.2, -0.15) is 0 Å². The Bertz CT molecular complexity index is 929. The predicted molar refractivity (Wildman–Crippen MR) is 120 cm³/mol. The van der Waals surface area contributed by atoms with Gasteiger partial charge in [0.05, 0.1) is 38.6 Å². The molecular formula is C23H29N3O5. The number of esters is 1. The third-order valence-electron chi connectivity index (χ3n) is 4.59. The van der Waals surface area contributed by atoms with Crippen LogP contribution in [0.4, 0.5) is 11.4 Å². The SMILES string of the molecule is CCCN(CC(=O)Nc1cc(C(=O)OC)ccc1C)CC(=O)Nc1ccccc1OC. The van der Waals surface area contributed by atoms with Crippen LogP contribution < -0.4 is 15.4 Å². The number of carbonyl (C=O) groups is 3. The molecule has 0 atom stereocenters. The van der Waals surface area contributed by atoms with Crippen molar-refractivity contribution in [3.63, 3.8) is 0 Å². The Hall–Kier alpha value is -3.39. The number of anilines is 2. The number of aryl methyl sites for hydroxylation is 1. The number of benzene rings is 2. The molecule has 8 nitrogen and oxygen atoms in total. The molecule has 0 aliphatic heterocycles. The molecule has 0 bridgehead atoms. The molecule has 2 aromatic rings. The zero-order valence-corrected chi connectivity index (χ0v) is 18.4. The van der Waals surface area contributed by atoms with Crippen molar-refractivity contribution in [2.45, 2.75) is 20.3 Å². The smallest absolute Gasteiger partial charge is 0.337 e. The molecule has 0 spiro atoms. The van der Waals surface area contributed by atoms with E-state index < -0.39 is 5.97 Å². The molecule has 166 valence electrons. The van der Waals surface area contributed by atoms with E-state index in [1.165, 1.54) is 14.2 Å². The molecule has 8 heteroatoms. The molecular weight excluding hydrogens is 398 g/mol. The Morgan fingerprint density at radius 1 is 0.935 bits per heavy atom. The Labute approximate surface area is 182 Å². The van der Waals surface area contributed by atoms with Crippen molar-refractivity contribution in [2.24, 2.45) is 0 Å². The first kappa shape index (κ1) is 23.9. The average molecular weight is 428 g/mol. The summed E-state index contributed by atoms with van der Waals surface area (Å²) in [6, 6.07) is 12.1. The van der Waals surface area contributed by atoms with Gasteiger partial charge in [0.15, 0.2) is 0 Å². The Morgan fingerprint density at radius 3 is 2.19 bits per heavy atom. The molecule has 0 saturated carbocycles. The van der Waals surface area contributed by atoms with E-state index in [2.05, 4.69) is 10.6 Å². The third-order valence-corrected chi connectivity index (χ3v) is 4.59. The van der Waals surface area contributed by atoms with Gasteiger partial charge in [-0.05, 0) is 49.7 Å². The largest absolute Gasteiger partial charge is 0.495 e. The van der Waals surface area contributed by atoms with Gasteiger partial charge in [0, 0.05) is 5.69 Å². The molecule has 0 unspecified atom stereocenters. The van der Waals surface area contributed by atoms with Gasteiger partial charge in [0.2, 0.25) is 11.8 Å². The topological polar surface area (TPSA) is 97.0 Å². The maximum absolute atomic E-state index is 12.6. The van der Waals surface area contributed by atoms with Crippen LogP contribution in [0, 0.1) is 6.92 Å². The molecule has 0 fully saturated rings. The van der Waals surface area contributed by atoms with Crippen molar-refractivity contribution in [1.82, 2.24) is 4.90 Å². The van der Waals surface area contributed by atoms with Crippen LogP contribution in [0.25, 0.3) is 0 Å². The number of rotatable bonds is 10. The van der Waals surface area contributed by atoms with E-state index in [0.717, 1.165) is 12.0 Å². The maximum Gasteiger partial charge on any atom is 0.337 e. The zero-order valence-electron chi connectivity index (χ0n) is 18.4. The summed E-state index contributed by atoms with van der Waals surface area (Å²) in [5.41, 5.74) is 2.27. The summed E-state index contributed by atoms with van der Waals surface area (Å²) in [6.07, 6.45) is 0.784. The quantitative estimate of drug-likeness (QED) is 0.566. The molecule has 0 aromatic heterocycles. The van der Waals surface area contributed by atoms with E-state index >= 15 is 0 Å². The molecule has 0 saturated heterocycles. The van der Waals surface area contributed by atoms with Crippen LogP contribution in [0.15, 0.2) is 42.5 Å². The summed E-state index contributed by atoms with van der Waals surface area (Å²) in [6.45, 7) is 4.48. The van der Waals surface area contributed by atoms with Gasteiger partial charge < -0.3 is 20.1 Å². The van der Waals surface area contributed by atoms with Gasteiger partial charge in [-0.25, -0.2) is 4.79 Å². The highest BCUT2D eigenvalue weighted by Gasteiger charge is 2.17. The highest BCUT2D eigenvalue weighted by Crippen LogP contribution is 2.23. The fourth-order valence-electron chi connectivity index (χ4n) is 3.07. The lowest BCUT2D eigenvalue weighted by molar-refractivity contribution is -0.120. The van der Waals surface area contributed by atoms with Crippen LogP contribution >= 0.6 is 0 Å². The number of para-hydroxylation sites is 2. The van der Waals surface area contributed by atoms with Crippen LogP contribution in [0.2, 0.25) is 0 Å². The highest BCUT2D eigenvalue weighted by atomic mass is 16.5. The molecule has 0 radical (unpaired) electrons. The normalized spacial score (nSPS) is 10.5. The minimum atomic E-state index is -0.476. The third kappa shape index (κ3) is 7.11. The Morgan fingerprint density at radius 2 is 1.58 bits per heavy atom.